The van der Waals surface area contributed by atoms with Crippen molar-refractivity contribution >= 4 is 5.69 Å². The molecule has 0 aromatic heterocycles. The van der Waals surface area contributed by atoms with E-state index in [1.54, 1.807) is 0 Å². The molecule has 0 amide bonds. The van der Waals surface area contributed by atoms with Crippen molar-refractivity contribution in [2.75, 3.05) is 45.3 Å². The third-order valence-corrected chi connectivity index (χ3v) is 5.85. The summed E-state index contributed by atoms with van der Waals surface area (Å²) in [4.78, 5) is 4.91. The average Bonchev–Trinajstić information content (AvgIpc) is 2.69. The zero-order valence-electron chi connectivity index (χ0n) is 16.4. The molecule has 1 saturated heterocycles. The molecule has 0 saturated carbocycles. The zero-order valence-corrected chi connectivity index (χ0v) is 16.4. The van der Waals surface area contributed by atoms with Gasteiger partial charge in [-0.05, 0) is 50.6 Å². The van der Waals surface area contributed by atoms with Crippen LogP contribution in [0.1, 0.15) is 24.5 Å². The second-order valence-electron chi connectivity index (χ2n) is 7.54. The number of hydrogen-bond acceptors (Lipinski definition) is 3. The van der Waals surface area contributed by atoms with E-state index in [9.17, 15) is 0 Å². The summed E-state index contributed by atoms with van der Waals surface area (Å²) in [6.07, 6.45) is 3.24. The van der Waals surface area contributed by atoms with Gasteiger partial charge in [-0.15, -0.1) is 0 Å². The molecule has 1 fully saturated rings. The molecule has 0 radical (unpaired) electrons. The largest absolute Gasteiger partial charge is 0.378 e. The van der Waals surface area contributed by atoms with Crippen LogP contribution in [0.25, 0.3) is 0 Å². The minimum Gasteiger partial charge on any atom is -0.378 e. The van der Waals surface area contributed by atoms with Crippen molar-refractivity contribution in [2.45, 2.75) is 31.7 Å². The highest BCUT2D eigenvalue weighted by atomic mass is 16.5. The van der Waals surface area contributed by atoms with Crippen LogP contribution in [0.15, 0.2) is 54.6 Å². The van der Waals surface area contributed by atoms with E-state index in [0.29, 0.717) is 0 Å². The molecule has 0 bridgehead atoms. The van der Waals surface area contributed by atoms with E-state index in [2.05, 4.69) is 85.4 Å². The Kier molecular flexibility index (Phi) is 6.33. The number of morpholine rings is 1. The molecule has 1 unspecified atom stereocenters. The molecular formula is C23H32N2O. The van der Waals surface area contributed by atoms with Crippen molar-refractivity contribution in [3.63, 3.8) is 0 Å². The van der Waals surface area contributed by atoms with Gasteiger partial charge in [0.15, 0.2) is 0 Å². The molecule has 0 aliphatic carbocycles. The fourth-order valence-electron chi connectivity index (χ4n) is 4.05. The maximum atomic E-state index is 5.55. The van der Waals surface area contributed by atoms with Crippen molar-refractivity contribution in [3.8, 4) is 0 Å². The Morgan fingerprint density at radius 3 is 2.23 bits per heavy atom. The summed E-state index contributed by atoms with van der Waals surface area (Å²) in [6.45, 7) is 5.93. The van der Waals surface area contributed by atoms with Crippen LogP contribution in [-0.2, 0) is 17.6 Å². The molecular weight excluding hydrogens is 320 g/mol. The molecule has 3 nitrogen and oxygen atoms in total. The minimum atomic E-state index is 0.115. The van der Waals surface area contributed by atoms with Gasteiger partial charge < -0.3 is 14.5 Å². The van der Waals surface area contributed by atoms with E-state index in [1.165, 1.54) is 16.8 Å². The quantitative estimate of drug-likeness (QED) is 0.748. The van der Waals surface area contributed by atoms with Gasteiger partial charge >= 0.3 is 0 Å². The van der Waals surface area contributed by atoms with Gasteiger partial charge in [0, 0.05) is 24.3 Å². The molecule has 0 spiro atoms. The fourth-order valence-corrected chi connectivity index (χ4v) is 4.05. The highest BCUT2D eigenvalue weighted by molar-refractivity contribution is 5.54. The van der Waals surface area contributed by atoms with Gasteiger partial charge in [0.05, 0.1) is 13.2 Å². The van der Waals surface area contributed by atoms with Gasteiger partial charge in [-0.3, -0.25) is 0 Å². The molecule has 0 N–H and O–H groups in total. The third-order valence-electron chi connectivity index (χ3n) is 5.85. The lowest BCUT2D eigenvalue weighted by atomic mass is 9.81. The Balaban J connectivity index is 1.90. The molecule has 2 aromatic rings. The summed E-state index contributed by atoms with van der Waals surface area (Å²) in [7, 11) is 4.45. The van der Waals surface area contributed by atoms with Gasteiger partial charge in [-0.2, -0.15) is 0 Å². The lowest BCUT2D eigenvalue weighted by molar-refractivity contribution is 0.122. The summed E-state index contributed by atoms with van der Waals surface area (Å²) >= 11 is 0. The SMILES string of the molecule is CCC(Cc1ccccc1)(Cc1ccccc1N1CCOCC1)N(C)C. The first-order chi connectivity index (χ1) is 12.6. The number of hydrogen-bond donors (Lipinski definition) is 0. The minimum absolute atomic E-state index is 0.115. The molecule has 1 aliphatic rings. The lowest BCUT2D eigenvalue weighted by Gasteiger charge is -2.41. The van der Waals surface area contributed by atoms with Crippen molar-refractivity contribution in [1.82, 2.24) is 4.90 Å². The summed E-state index contributed by atoms with van der Waals surface area (Å²) in [5.41, 5.74) is 4.35. The smallest absolute Gasteiger partial charge is 0.0642 e. The Morgan fingerprint density at radius 1 is 0.923 bits per heavy atom. The van der Waals surface area contributed by atoms with Crippen LogP contribution in [-0.4, -0.2) is 50.8 Å². The molecule has 1 heterocycles. The third kappa shape index (κ3) is 4.28. The normalized spacial score (nSPS) is 17.3. The van der Waals surface area contributed by atoms with Crippen LogP contribution in [0, 0.1) is 0 Å². The number of ether oxygens (including phenoxy) is 1. The van der Waals surface area contributed by atoms with Crippen LogP contribution in [0.3, 0.4) is 0 Å². The lowest BCUT2D eigenvalue weighted by Crippen LogP contribution is -2.48. The van der Waals surface area contributed by atoms with Gasteiger partial charge in [0.25, 0.3) is 0 Å². The number of likely N-dealkylation sites (N-methyl/N-ethyl adjacent to an activating group) is 1. The van der Waals surface area contributed by atoms with Crippen molar-refractivity contribution in [2.24, 2.45) is 0 Å². The van der Waals surface area contributed by atoms with Crippen molar-refractivity contribution < 1.29 is 4.74 Å². The number of rotatable bonds is 7. The van der Waals surface area contributed by atoms with Gasteiger partial charge in [0.1, 0.15) is 0 Å². The molecule has 3 rings (SSSR count). The first-order valence-corrected chi connectivity index (χ1v) is 9.76. The van der Waals surface area contributed by atoms with Crippen LogP contribution < -0.4 is 4.90 Å². The second-order valence-corrected chi connectivity index (χ2v) is 7.54. The summed E-state index contributed by atoms with van der Waals surface area (Å²) in [5, 5.41) is 0. The summed E-state index contributed by atoms with van der Waals surface area (Å²) in [5.74, 6) is 0. The Bertz CT molecular complexity index is 680. The van der Waals surface area contributed by atoms with Gasteiger partial charge in [-0.1, -0.05) is 55.5 Å². The predicted octanol–water partition coefficient (Wildman–Crippen LogP) is 4.02. The van der Waals surface area contributed by atoms with Crippen LogP contribution in [0.2, 0.25) is 0 Å². The van der Waals surface area contributed by atoms with Gasteiger partial charge in [0.2, 0.25) is 0 Å². The number of benzene rings is 2. The molecule has 140 valence electrons. The average molecular weight is 353 g/mol. The molecule has 26 heavy (non-hydrogen) atoms. The topological polar surface area (TPSA) is 15.7 Å². The molecule has 2 aromatic carbocycles. The number of nitrogens with zero attached hydrogens (tertiary/aromatic N) is 2. The predicted molar refractivity (Wildman–Crippen MR) is 110 cm³/mol. The van der Waals surface area contributed by atoms with E-state index in [0.717, 1.165) is 45.6 Å². The van der Waals surface area contributed by atoms with Crippen LogP contribution in [0.5, 0.6) is 0 Å². The summed E-state index contributed by atoms with van der Waals surface area (Å²) in [6, 6.07) is 19.8. The van der Waals surface area contributed by atoms with E-state index in [4.69, 9.17) is 4.74 Å². The van der Waals surface area contributed by atoms with E-state index >= 15 is 0 Å². The zero-order chi connectivity index (χ0) is 18.4. The standard InChI is InChI=1S/C23H32N2O/c1-4-23(24(2)3,18-20-10-6-5-7-11-20)19-21-12-8-9-13-22(21)25-14-16-26-17-15-25/h5-13H,4,14-19H2,1-3H3. The highest BCUT2D eigenvalue weighted by Gasteiger charge is 2.32. The number of para-hydroxylation sites is 1. The first-order valence-electron chi connectivity index (χ1n) is 9.76. The van der Waals surface area contributed by atoms with Crippen LogP contribution in [0.4, 0.5) is 5.69 Å². The Labute approximate surface area is 158 Å². The van der Waals surface area contributed by atoms with Gasteiger partial charge in [-0.25, -0.2) is 0 Å². The fraction of sp³-hybridized carbons (Fsp3) is 0.478. The van der Waals surface area contributed by atoms with E-state index in [-0.39, 0.29) is 5.54 Å². The molecule has 3 heteroatoms. The van der Waals surface area contributed by atoms with Crippen molar-refractivity contribution in [1.29, 1.82) is 0 Å². The molecule has 1 atom stereocenters. The molecule has 1 aliphatic heterocycles. The second kappa shape index (κ2) is 8.70. The monoisotopic (exact) mass is 352 g/mol. The maximum Gasteiger partial charge on any atom is 0.0642 e. The Hall–Kier alpha value is -1.84. The number of anilines is 1. The summed E-state index contributed by atoms with van der Waals surface area (Å²) < 4.78 is 5.55. The Morgan fingerprint density at radius 2 is 1.58 bits per heavy atom. The van der Waals surface area contributed by atoms with Crippen molar-refractivity contribution in [3.05, 3.63) is 65.7 Å². The van der Waals surface area contributed by atoms with E-state index < -0.39 is 0 Å². The van der Waals surface area contributed by atoms with E-state index in [1.807, 2.05) is 0 Å². The first kappa shape index (κ1) is 18.9. The van der Waals surface area contributed by atoms with Crippen LogP contribution >= 0.6 is 0 Å². The maximum absolute atomic E-state index is 5.55. The highest BCUT2D eigenvalue weighted by Crippen LogP contribution is 2.32.